The van der Waals surface area contributed by atoms with Gasteiger partial charge in [-0.25, -0.2) is 0 Å². The fourth-order valence-corrected chi connectivity index (χ4v) is 3.15. The van der Waals surface area contributed by atoms with Crippen molar-refractivity contribution in [3.05, 3.63) is 35.9 Å². The van der Waals surface area contributed by atoms with Crippen LogP contribution in [0.4, 0.5) is 0 Å². The van der Waals surface area contributed by atoms with Gasteiger partial charge in [0.25, 0.3) is 0 Å². The highest BCUT2D eigenvalue weighted by molar-refractivity contribution is 5.92. The van der Waals surface area contributed by atoms with Crippen molar-refractivity contribution >= 4 is 12.0 Å². The van der Waals surface area contributed by atoms with Crippen LogP contribution < -0.4 is 4.74 Å². The third-order valence-electron chi connectivity index (χ3n) is 4.52. The highest BCUT2D eigenvalue weighted by atomic mass is 16.5. The van der Waals surface area contributed by atoms with Crippen LogP contribution in [-0.4, -0.2) is 55.9 Å². The van der Waals surface area contributed by atoms with E-state index in [4.69, 9.17) is 14.2 Å². The maximum atomic E-state index is 12.6. The molecule has 5 heteroatoms. The van der Waals surface area contributed by atoms with Gasteiger partial charge >= 0.3 is 0 Å². The van der Waals surface area contributed by atoms with Crippen LogP contribution in [0.3, 0.4) is 0 Å². The first-order valence-corrected chi connectivity index (χ1v) is 8.61. The average Bonchev–Trinajstić information content (AvgIpc) is 3.08. The minimum atomic E-state index is -0.280. The summed E-state index contributed by atoms with van der Waals surface area (Å²) in [7, 11) is 0. The molecule has 2 aliphatic heterocycles. The van der Waals surface area contributed by atoms with E-state index in [1.54, 1.807) is 6.08 Å². The molecule has 2 heterocycles. The highest BCUT2D eigenvalue weighted by Gasteiger charge is 2.44. The van der Waals surface area contributed by atoms with Gasteiger partial charge in [-0.1, -0.05) is 19.1 Å². The Kier molecular flexibility index (Phi) is 5.53. The van der Waals surface area contributed by atoms with Crippen LogP contribution in [-0.2, 0) is 14.3 Å². The molecule has 3 rings (SSSR count). The minimum Gasteiger partial charge on any atom is -0.494 e. The molecule has 1 amide bonds. The standard InChI is InChI=1S/C19H25NO4/c1-2-11-24-17-6-3-16(4-7-17)5-8-18(21)20-10-13-23-15-19(20)9-12-22-14-19/h3-8H,2,9-15H2,1H3/b8-5+. The van der Waals surface area contributed by atoms with E-state index in [-0.39, 0.29) is 11.4 Å². The van der Waals surface area contributed by atoms with E-state index >= 15 is 0 Å². The highest BCUT2D eigenvalue weighted by Crippen LogP contribution is 2.29. The van der Waals surface area contributed by atoms with E-state index in [9.17, 15) is 4.79 Å². The quantitative estimate of drug-likeness (QED) is 0.778. The molecule has 0 bridgehead atoms. The number of amides is 1. The van der Waals surface area contributed by atoms with Crippen LogP contribution in [0.1, 0.15) is 25.3 Å². The number of nitrogens with zero attached hydrogens (tertiary/aromatic N) is 1. The molecule has 1 atom stereocenters. The number of ether oxygens (including phenoxy) is 3. The Bertz CT molecular complexity index is 576. The van der Waals surface area contributed by atoms with Crippen LogP contribution in [0.5, 0.6) is 5.75 Å². The number of morpholine rings is 1. The third-order valence-corrected chi connectivity index (χ3v) is 4.52. The van der Waals surface area contributed by atoms with E-state index in [0.717, 1.165) is 30.8 Å². The largest absolute Gasteiger partial charge is 0.494 e. The van der Waals surface area contributed by atoms with Crippen molar-refractivity contribution < 1.29 is 19.0 Å². The molecule has 1 aromatic rings. The first-order valence-electron chi connectivity index (χ1n) is 8.61. The van der Waals surface area contributed by atoms with Crippen molar-refractivity contribution in [2.24, 2.45) is 0 Å². The Morgan fingerprint density at radius 2 is 2.00 bits per heavy atom. The molecule has 2 saturated heterocycles. The first-order chi connectivity index (χ1) is 11.7. The fourth-order valence-electron chi connectivity index (χ4n) is 3.15. The zero-order chi connectivity index (χ0) is 16.8. The lowest BCUT2D eigenvalue weighted by molar-refractivity contribution is -0.144. The molecule has 5 nitrogen and oxygen atoms in total. The SMILES string of the molecule is CCCOc1ccc(/C=C/C(=O)N2CCOCC23CCOC3)cc1. The summed E-state index contributed by atoms with van der Waals surface area (Å²) < 4.78 is 16.7. The van der Waals surface area contributed by atoms with Crippen molar-refractivity contribution in [3.63, 3.8) is 0 Å². The molecule has 1 aromatic carbocycles. The van der Waals surface area contributed by atoms with Gasteiger partial charge in [0.2, 0.25) is 5.91 Å². The Morgan fingerprint density at radius 3 is 2.71 bits per heavy atom. The lowest BCUT2D eigenvalue weighted by atomic mass is 9.95. The smallest absolute Gasteiger partial charge is 0.247 e. The Labute approximate surface area is 143 Å². The van der Waals surface area contributed by atoms with Crippen LogP contribution in [0.15, 0.2) is 30.3 Å². The predicted molar refractivity (Wildman–Crippen MR) is 92.0 cm³/mol. The molecule has 0 N–H and O–H groups in total. The predicted octanol–water partition coefficient (Wildman–Crippen LogP) is 2.51. The van der Waals surface area contributed by atoms with E-state index < -0.39 is 0 Å². The number of hydrogen-bond donors (Lipinski definition) is 0. The summed E-state index contributed by atoms with van der Waals surface area (Å²) in [5, 5.41) is 0. The van der Waals surface area contributed by atoms with Crippen LogP contribution in [0, 0.1) is 0 Å². The van der Waals surface area contributed by atoms with Gasteiger partial charge in [-0.05, 0) is 36.6 Å². The van der Waals surface area contributed by atoms with Gasteiger partial charge in [-0.3, -0.25) is 4.79 Å². The van der Waals surface area contributed by atoms with Crippen molar-refractivity contribution in [3.8, 4) is 5.75 Å². The molecule has 130 valence electrons. The first kappa shape index (κ1) is 17.0. The van der Waals surface area contributed by atoms with Gasteiger partial charge in [0.1, 0.15) is 5.75 Å². The molecule has 0 aliphatic carbocycles. The summed E-state index contributed by atoms with van der Waals surface area (Å²) in [5.41, 5.74) is 0.703. The van der Waals surface area contributed by atoms with E-state index in [0.29, 0.717) is 33.0 Å². The van der Waals surface area contributed by atoms with Gasteiger partial charge in [-0.15, -0.1) is 0 Å². The van der Waals surface area contributed by atoms with Crippen LogP contribution in [0.2, 0.25) is 0 Å². The number of hydrogen-bond acceptors (Lipinski definition) is 4. The minimum absolute atomic E-state index is 0.0232. The lowest BCUT2D eigenvalue weighted by Gasteiger charge is -2.43. The fraction of sp³-hybridized carbons (Fsp3) is 0.526. The van der Waals surface area contributed by atoms with E-state index in [1.165, 1.54) is 0 Å². The van der Waals surface area contributed by atoms with E-state index in [2.05, 4.69) is 6.92 Å². The van der Waals surface area contributed by atoms with Gasteiger partial charge in [0.05, 0.1) is 32.0 Å². The lowest BCUT2D eigenvalue weighted by Crippen LogP contribution is -2.59. The van der Waals surface area contributed by atoms with Gasteiger partial charge in [0.15, 0.2) is 0 Å². The molecule has 0 radical (unpaired) electrons. The maximum Gasteiger partial charge on any atom is 0.247 e. The average molecular weight is 331 g/mol. The summed E-state index contributed by atoms with van der Waals surface area (Å²) in [6.07, 6.45) is 5.33. The summed E-state index contributed by atoms with van der Waals surface area (Å²) in [6.45, 7) is 5.83. The third kappa shape index (κ3) is 3.79. The van der Waals surface area contributed by atoms with Crippen molar-refractivity contribution in [2.45, 2.75) is 25.3 Å². The summed E-state index contributed by atoms with van der Waals surface area (Å²) in [5.74, 6) is 0.880. The number of rotatable bonds is 5. The van der Waals surface area contributed by atoms with Gasteiger partial charge < -0.3 is 19.1 Å². The second kappa shape index (κ2) is 7.81. The zero-order valence-corrected chi connectivity index (χ0v) is 14.2. The molecule has 2 fully saturated rings. The van der Waals surface area contributed by atoms with Crippen LogP contribution in [0.25, 0.3) is 6.08 Å². The van der Waals surface area contributed by atoms with E-state index in [1.807, 2.05) is 35.2 Å². The molecular formula is C19H25NO4. The molecule has 1 spiro atoms. The summed E-state index contributed by atoms with van der Waals surface area (Å²) in [4.78, 5) is 14.6. The number of carbonyl (C=O) groups excluding carboxylic acids is 1. The molecule has 2 aliphatic rings. The topological polar surface area (TPSA) is 48.0 Å². The molecule has 1 unspecified atom stereocenters. The number of carbonyl (C=O) groups is 1. The Balaban J connectivity index is 1.63. The molecular weight excluding hydrogens is 306 g/mol. The monoisotopic (exact) mass is 331 g/mol. The second-order valence-electron chi connectivity index (χ2n) is 6.32. The summed E-state index contributed by atoms with van der Waals surface area (Å²) >= 11 is 0. The molecule has 0 saturated carbocycles. The molecule has 24 heavy (non-hydrogen) atoms. The van der Waals surface area contributed by atoms with Crippen molar-refractivity contribution in [2.75, 3.05) is 39.6 Å². The van der Waals surface area contributed by atoms with Crippen molar-refractivity contribution in [1.29, 1.82) is 0 Å². The normalized spacial score (nSPS) is 24.0. The summed E-state index contributed by atoms with van der Waals surface area (Å²) in [6, 6.07) is 7.78. The Hall–Kier alpha value is -1.85. The Morgan fingerprint density at radius 1 is 1.25 bits per heavy atom. The zero-order valence-electron chi connectivity index (χ0n) is 14.2. The maximum absolute atomic E-state index is 12.6. The van der Waals surface area contributed by atoms with Gasteiger partial charge in [-0.2, -0.15) is 0 Å². The van der Waals surface area contributed by atoms with Gasteiger partial charge in [0, 0.05) is 19.2 Å². The van der Waals surface area contributed by atoms with Crippen LogP contribution >= 0.6 is 0 Å². The number of benzene rings is 1. The molecule has 0 aromatic heterocycles. The van der Waals surface area contributed by atoms with Crippen molar-refractivity contribution in [1.82, 2.24) is 4.90 Å². The second-order valence-corrected chi connectivity index (χ2v) is 6.32.